The SMILES string of the molecule is COc1sc(CCN=[N+]=[N-])cc1Br. The summed E-state index contributed by atoms with van der Waals surface area (Å²) in [6.45, 7) is 0.493. The third-order valence-electron chi connectivity index (χ3n) is 1.41. The standard InChI is InChI=1S/C7H8BrN3OS/c1-12-7-6(8)4-5(13-7)2-3-10-11-9/h4H,2-3H2,1H3. The van der Waals surface area contributed by atoms with Crippen LogP contribution in [-0.2, 0) is 6.42 Å². The van der Waals surface area contributed by atoms with Gasteiger partial charge in [0.25, 0.3) is 0 Å². The van der Waals surface area contributed by atoms with Crippen LogP contribution in [0.15, 0.2) is 15.7 Å². The van der Waals surface area contributed by atoms with Gasteiger partial charge in [0.15, 0.2) is 5.06 Å². The molecule has 13 heavy (non-hydrogen) atoms. The zero-order valence-corrected chi connectivity index (χ0v) is 9.43. The Morgan fingerprint density at radius 1 is 1.77 bits per heavy atom. The molecule has 1 aromatic heterocycles. The van der Waals surface area contributed by atoms with E-state index in [-0.39, 0.29) is 0 Å². The summed E-state index contributed by atoms with van der Waals surface area (Å²) in [6.07, 6.45) is 0.761. The minimum Gasteiger partial charge on any atom is -0.486 e. The van der Waals surface area contributed by atoms with E-state index in [1.807, 2.05) is 6.07 Å². The lowest BCUT2D eigenvalue weighted by atomic mass is 10.3. The Labute approximate surface area is 88.3 Å². The van der Waals surface area contributed by atoms with Gasteiger partial charge in [-0.2, -0.15) is 0 Å². The molecule has 4 nitrogen and oxygen atoms in total. The Morgan fingerprint density at radius 3 is 3.08 bits per heavy atom. The van der Waals surface area contributed by atoms with Crippen LogP contribution in [0.2, 0.25) is 0 Å². The van der Waals surface area contributed by atoms with Gasteiger partial charge in [0.2, 0.25) is 0 Å². The molecule has 6 heteroatoms. The molecule has 0 unspecified atom stereocenters. The van der Waals surface area contributed by atoms with Crippen molar-refractivity contribution >= 4 is 27.3 Å². The highest BCUT2D eigenvalue weighted by molar-refractivity contribution is 9.10. The topological polar surface area (TPSA) is 58.0 Å². The number of azide groups is 1. The summed E-state index contributed by atoms with van der Waals surface area (Å²) >= 11 is 4.93. The number of halogens is 1. The molecule has 0 saturated carbocycles. The van der Waals surface area contributed by atoms with Crippen LogP contribution in [-0.4, -0.2) is 13.7 Å². The average molecular weight is 262 g/mol. The Kier molecular flexibility index (Phi) is 4.08. The quantitative estimate of drug-likeness (QED) is 0.466. The minimum absolute atomic E-state index is 0.493. The summed E-state index contributed by atoms with van der Waals surface area (Å²) < 4.78 is 6.05. The molecule has 0 saturated heterocycles. The van der Waals surface area contributed by atoms with Crippen molar-refractivity contribution in [2.24, 2.45) is 5.11 Å². The van der Waals surface area contributed by atoms with E-state index in [1.54, 1.807) is 18.4 Å². The van der Waals surface area contributed by atoms with Crippen molar-refractivity contribution in [3.05, 3.63) is 25.9 Å². The van der Waals surface area contributed by atoms with E-state index >= 15 is 0 Å². The van der Waals surface area contributed by atoms with E-state index in [9.17, 15) is 0 Å². The molecule has 0 spiro atoms. The molecule has 0 fully saturated rings. The first-order valence-corrected chi connectivity index (χ1v) is 5.22. The molecule has 0 N–H and O–H groups in total. The summed E-state index contributed by atoms with van der Waals surface area (Å²) in [6, 6.07) is 1.98. The number of methoxy groups -OCH3 is 1. The minimum atomic E-state index is 0.493. The van der Waals surface area contributed by atoms with Crippen molar-refractivity contribution in [1.29, 1.82) is 0 Å². The normalized spacial score (nSPS) is 9.38. The van der Waals surface area contributed by atoms with Gasteiger partial charge >= 0.3 is 0 Å². The number of thiophene rings is 1. The number of nitrogens with zero attached hydrogens (tertiary/aromatic N) is 3. The first-order valence-electron chi connectivity index (χ1n) is 3.61. The Bertz CT molecular complexity index is 332. The highest BCUT2D eigenvalue weighted by atomic mass is 79.9. The van der Waals surface area contributed by atoms with Gasteiger partial charge in [-0.05, 0) is 33.9 Å². The Balaban J connectivity index is 2.62. The van der Waals surface area contributed by atoms with Gasteiger partial charge in [-0.3, -0.25) is 0 Å². The predicted molar refractivity (Wildman–Crippen MR) is 56.3 cm³/mol. The molecule has 0 aliphatic heterocycles. The van der Waals surface area contributed by atoms with Gasteiger partial charge in [0.05, 0.1) is 11.6 Å². The van der Waals surface area contributed by atoms with Gasteiger partial charge in [-0.1, -0.05) is 5.11 Å². The lowest BCUT2D eigenvalue weighted by Gasteiger charge is -1.92. The van der Waals surface area contributed by atoms with Crippen molar-refractivity contribution < 1.29 is 4.74 Å². The van der Waals surface area contributed by atoms with Crippen LogP contribution in [0.25, 0.3) is 10.4 Å². The fraction of sp³-hybridized carbons (Fsp3) is 0.429. The highest BCUT2D eigenvalue weighted by Gasteiger charge is 2.05. The largest absolute Gasteiger partial charge is 0.486 e. The average Bonchev–Trinajstić information content (AvgIpc) is 2.47. The molecule has 0 aliphatic carbocycles. The lowest BCUT2D eigenvalue weighted by molar-refractivity contribution is 0.425. The summed E-state index contributed by atoms with van der Waals surface area (Å²) in [5, 5.41) is 4.32. The maximum absolute atomic E-state index is 8.08. The second kappa shape index (κ2) is 5.11. The number of rotatable bonds is 4. The molecule has 0 aromatic carbocycles. The molecule has 0 radical (unpaired) electrons. The summed E-state index contributed by atoms with van der Waals surface area (Å²) in [7, 11) is 1.63. The molecule has 1 heterocycles. The monoisotopic (exact) mass is 261 g/mol. The number of ether oxygens (including phenoxy) is 1. The van der Waals surface area contributed by atoms with E-state index in [1.165, 1.54) is 0 Å². The van der Waals surface area contributed by atoms with Crippen LogP contribution >= 0.6 is 27.3 Å². The van der Waals surface area contributed by atoms with E-state index in [0.717, 1.165) is 20.8 Å². The van der Waals surface area contributed by atoms with Crippen molar-refractivity contribution in [1.82, 2.24) is 0 Å². The van der Waals surface area contributed by atoms with Gasteiger partial charge in [0, 0.05) is 16.3 Å². The summed E-state index contributed by atoms with van der Waals surface area (Å²) in [4.78, 5) is 3.84. The molecule has 0 amide bonds. The third kappa shape index (κ3) is 2.91. The molecule has 1 rings (SSSR count). The van der Waals surface area contributed by atoms with Crippen molar-refractivity contribution in [3.63, 3.8) is 0 Å². The van der Waals surface area contributed by atoms with Crippen LogP contribution in [0, 0.1) is 0 Å². The van der Waals surface area contributed by atoms with Gasteiger partial charge in [-0.15, -0.1) is 11.3 Å². The number of hydrogen-bond acceptors (Lipinski definition) is 3. The molecule has 0 aliphatic rings. The van der Waals surface area contributed by atoms with Gasteiger partial charge in [-0.25, -0.2) is 0 Å². The van der Waals surface area contributed by atoms with Gasteiger partial charge in [0.1, 0.15) is 0 Å². The van der Waals surface area contributed by atoms with Gasteiger partial charge < -0.3 is 4.74 Å². The van der Waals surface area contributed by atoms with E-state index in [2.05, 4.69) is 26.0 Å². The van der Waals surface area contributed by atoms with E-state index in [4.69, 9.17) is 10.3 Å². The van der Waals surface area contributed by atoms with Crippen LogP contribution < -0.4 is 4.74 Å². The second-order valence-corrected chi connectivity index (χ2v) is 4.21. The van der Waals surface area contributed by atoms with E-state index < -0.39 is 0 Å². The zero-order chi connectivity index (χ0) is 9.68. The number of hydrogen-bond donors (Lipinski definition) is 0. The molecule has 0 bridgehead atoms. The third-order valence-corrected chi connectivity index (χ3v) is 3.42. The maximum atomic E-state index is 8.08. The highest BCUT2D eigenvalue weighted by Crippen LogP contribution is 2.34. The molecule has 0 atom stereocenters. The fourth-order valence-electron chi connectivity index (χ4n) is 0.865. The smallest absolute Gasteiger partial charge is 0.188 e. The second-order valence-electron chi connectivity index (χ2n) is 2.26. The molecule has 70 valence electrons. The predicted octanol–water partition coefficient (Wildman–Crippen LogP) is 3.37. The summed E-state index contributed by atoms with van der Waals surface area (Å²) in [5.74, 6) is 0. The summed E-state index contributed by atoms with van der Waals surface area (Å²) in [5.41, 5.74) is 8.08. The van der Waals surface area contributed by atoms with Crippen molar-refractivity contribution in [2.75, 3.05) is 13.7 Å². The Morgan fingerprint density at radius 2 is 2.54 bits per heavy atom. The fourth-order valence-corrected chi connectivity index (χ4v) is 2.55. The van der Waals surface area contributed by atoms with Crippen LogP contribution in [0.5, 0.6) is 5.06 Å². The van der Waals surface area contributed by atoms with Crippen LogP contribution in [0.4, 0.5) is 0 Å². The molecular formula is C7H8BrN3OS. The Hall–Kier alpha value is -0.710. The zero-order valence-electron chi connectivity index (χ0n) is 7.03. The van der Waals surface area contributed by atoms with Crippen molar-refractivity contribution in [2.45, 2.75) is 6.42 Å². The van der Waals surface area contributed by atoms with Crippen molar-refractivity contribution in [3.8, 4) is 5.06 Å². The molecular weight excluding hydrogens is 254 g/mol. The molecule has 1 aromatic rings. The lowest BCUT2D eigenvalue weighted by Crippen LogP contribution is -1.82. The maximum Gasteiger partial charge on any atom is 0.188 e. The first kappa shape index (κ1) is 10.4. The first-order chi connectivity index (χ1) is 6.27. The van der Waals surface area contributed by atoms with Crippen LogP contribution in [0.3, 0.4) is 0 Å². The van der Waals surface area contributed by atoms with Crippen LogP contribution in [0.1, 0.15) is 4.88 Å². The van der Waals surface area contributed by atoms with E-state index in [0.29, 0.717) is 6.54 Å².